The summed E-state index contributed by atoms with van der Waals surface area (Å²) in [6.45, 7) is 4.78. The predicted molar refractivity (Wildman–Crippen MR) is 435 cm³/mol. The minimum absolute atomic E-state index is 0.0161. The van der Waals surface area contributed by atoms with E-state index in [2.05, 4.69) is 79.1 Å². The molecular weight excluding hydrogens is 1510 g/mol. The third-order valence-electron chi connectivity index (χ3n) is 19.8. The SMILES string of the molecule is CC[C@H](C)[C@@H]1NC(=O)[C@@H](Cc2ccc3ccccc3c2)NC(=O)CSC[C@@H](C(N)=O)NC(=O)[C@H](c2ccccc2)NC(=O)[C@H](Cc2c[nH]c3ccccc23)NC(=O)[C@H](CCCCN)NC(=O)[C@H](C(C)C)NC(=O)[C@H](Cc2c[nH]c3ccccc23)NC(=O)[C@H](CC(N)=O)NC(=O)[C@H](CCCNC(=N)N)NC(=O)CNC(=O)[C@H](CO)NC1=O. The highest BCUT2D eigenvalue weighted by atomic mass is 32.2. The first-order chi connectivity index (χ1) is 55.5. The molecular formula is C80H104N20O15S. The minimum atomic E-state index is -1.87. The quantitative estimate of drug-likeness (QED) is 0.0216. The lowest BCUT2D eigenvalue weighted by atomic mass is 9.96. The lowest BCUT2D eigenvalue weighted by Crippen LogP contribution is -2.61. The van der Waals surface area contributed by atoms with Crippen LogP contribution in [0.3, 0.4) is 0 Å². The van der Waals surface area contributed by atoms with Crippen LogP contribution < -0.4 is 92.1 Å². The van der Waals surface area contributed by atoms with Crippen molar-refractivity contribution in [2.45, 2.75) is 158 Å². The number of primary amides is 2. The van der Waals surface area contributed by atoms with Crippen molar-refractivity contribution >= 4 is 133 Å². The number of aliphatic hydroxyl groups is 1. The zero-order valence-corrected chi connectivity index (χ0v) is 65.7. The summed E-state index contributed by atoms with van der Waals surface area (Å²) in [5, 5.41) is 55.3. The Bertz CT molecular complexity index is 4670. The normalized spacial score (nSPS) is 22.7. The van der Waals surface area contributed by atoms with Crippen LogP contribution in [-0.2, 0) is 86.4 Å². The summed E-state index contributed by atoms with van der Waals surface area (Å²) in [5.74, 6) is -16.3. The Morgan fingerprint density at radius 3 is 1.61 bits per heavy atom. The molecule has 2 aromatic heterocycles. The summed E-state index contributed by atoms with van der Waals surface area (Å²) in [5.41, 5.74) is 26.3. The number of aromatic amines is 2. The van der Waals surface area contributed by atoms with Gasteiger partial charge in [-0.05, 0) is 95.6 Å². The number of benzene rings is 5. The molecule has 5 aromatic carbocycles. The first kappa shape index (κ1) is 89.1. The van der Waals surface area contributed by atoms with Crippen molar-refractivity contribution in [2.24, 2.45) is 34.8 Å². The maximum absolute atomic E-state index is 15.3. The molecule has 25 N–H and O–H groups in total. The summed E-state index contributed by atoms with van der Waals surface area (Å²) < 4.78 is 0. The van der Waals surface area contributed by atoms with Crippen molar-refractivity contribution in [3.63, 3.8) is 0 Å². The summed E-state index contributed by atoms with van der Waals surface area (Å²) in [6.07, 6.45) is 2.33. The summed E-state index contributed by atoms with van der Waals surface area (Å²) in [4.78, 5) is 208. The van der Waals surface area contributed by atoms with Crippen LogP contribution in [0.5, 0.6) is 0 Å². The number of carbonyl (C=O) groups is 14. The highest BCUT2D eigenvalue weighted by molar-refractivity contribution is 8.00. The van der Waals surface area contributed by atoms with Crippen LogP contribution in [0.2, 0.25) is 0 Å². The van der Waals surface area contributed by atoms with Gasteiger partial charge in [0.1, 0.15) is 66.5 Å². The van der Waals surface area contributed by atoms with Crippen LogP contribution in [0.25, 0.3) is 32.6 Å². The Labute approximate surface area is 673 Å². The van der Waals surface area contributed by atoms with Gasteiger partial charge in [-0.3, -0.25) is 72.5 Å². The van der Waals surface area contributed by atoms with E-state index in [1.54, 1.807) is 113 Å². The third kappa shape index (κ3) is 26.0. The van der Waals surface area contributed by atoms with Crippen LogP contribution in [0.4, 0.5) is 0 Å². The smallest absolute Gasteiger partial charge is 0.247 e. The van der Waals surface area contributed by atoms with Gasteiger partial charge in [-0.25, -0.2) is 0 Å². The Hall–Kier alpha value is -12.4. The maximum atomic E-state index is 15.3. The van der Waals surface area contributed by atoms with E-state index in [4.69, 9.17) is 28.3 Å². The first-order valence-corrected chi connectivity index (χ1v) is 39.5. The Morgan fingerprint density at radius 1 is 0.517 bits per heavy atom. The highest BCUT2D eigenvalue weighted by Gasteiger charge is 2.39. The molecule has 7 aromatic rings. The van der Waals surface area contributed by atoms with Gasteiger partial charge in [0, 0.05) is 65.8 Å². The minimum Gasteiger partial charge on any atom is -0.394 e. The number of fused-ring (bicyclic) bond motifs is 3. The number of thioether (sulfide) groups is 1. The summed E-state index contributed by atoms with van der Waals surface area (Å²) >= 11 is 0.853. The van der Waals surface area contributed by atoms with Crippen molar-refractivity contribution in [3.8, 4) is 0 Å². The number of hydrogen-bond donors (Lipinski definition) is 21. The molecule has 3 heterocycles. The van der Waals surface area contributed by atoms with Gasteiger partial charge in [-0.2, -0.15) is 0 Å². The number of guanidine groups is 1. The first-order valence-electron chi connectivity index (χ1n) is 38.3. The molecule has 620 valence electrons. The second-order valence-corrected chi connectivity index (χ2v) is 29.9. The lowest BCUT2D eigenvalue weighted by Gasteiger charge is -2.29. The lowest BCUT2D eigenvalue weighted by molar-refractivity contribution is -0.137. The predicted octanol–water partition coefficient (Wildman–Crippen LogP) is -1.15. The molecule has 0 bridgehead atoms. The maximum Gasteiger partial charge on any atom is 0.247 e. The molecule has 1 aliphatic heterocycles. The number of hydrogen-bond acceptors (Lipinski definition) is 18. The number of amides is 14. The van der Waals surface area contributed by atoms with Crippen molar-refractivity contribution in [1.82, 2.24) is 79.1 Å². The van der Waals surface area contributed by atoms with E-state index >= 15 is 19.2 Å². The van der Waals surface area contributed by atoms with E-state index < -0.39 is 192 Å². The van der Waals surface area contributed by atoms with Crippen molar-refractivity contribution < 1.29 is 72.2 Å². The topological polar surface area (TPSA) is 575 Å². The average molecular weight is 1620 g/mol. The number of H-pyrrole nitrogens is 2. The van der Waals surface area contributed by atoms with Crippen LogP contribution in [0, 0.1) is 17.2 Å². The number of aliphatic hydroxyl groups excluding tert-OH is 1. The summed E-state index contributed by atoms with van der Waals surface area (Å²) in [6, 6.07) is 17.6. The van der Waals surface area contributed by atoms with Gasteiger partial charge < -0.3 is 107 Å². The number of unbranched alkanes of at least 4 members (excludes halogenated alkanes) is 1. The number of carbonyl (C=O) groups excluding carboxylic acids is 14. The molecule has 1 saturated heterocycles. The number of nitrogens with one attached hydrogen (secondary N) is 16. The molecule has 0 radical (unpaired) electrons. The molecule has 14 amide bonds. The van der Waals surface area contributed by atoms with E-state index in [0.717, 1.165) is 22.5 Å². The molecule has 0 spiro atoms. The van der Waals surface area contributed by atoms with Gasteiger partial charge in [0.2, 0.25) is 82.7 Å². The molecule has 0 saturated carbocycles. The zero-order chi connectivity index (χ0) is 84.1. The van der Waals surface area contributed by atoms with E-state index in [0.29, 0.717) is 44.9 Å². The molecule has 8 rings (SSSR count). The van der Waals surface area contributed by atoms with Crippen LogP contribution in [-0.4, -0.2) is 202 Å². The number of rotatable bonds is 22. The van der Waals surface area contributed by atoms with Gasteiger partial charge in [-0.1, -0.05) is 143 Å². The van der Waals surface area contributed by atoms with Gasteiger partial charge >= 0.3 is 0 Å². The molecule has 36 heteroatoms. The molecule has 35 nitrogen and oxygen atoms in total. The summed E-state index contributed by atoms with van der Waals surface area (Å²) in [7, 11) is 0. The molecule has 12 atom stereocenters. The van der Waals surface area contributed by atoms with Crippen LogP contribution in [0.1, 0.15) is 101 Å². The van der Waals surface area contributed by atoms with Gasteiger partial charge in [0.25, 0.3) is 0 Å². The van der Waals surface area contributed by atoms with Gasteiger partial charge in [0.05, 0.1) is 25.3 Å². The van der Waals surface area contributed by atoms with Crippen molar-refractivity contribution in [2.75, 3.05) is 37.7 Å². The monoisotopic (exact) mass is 1620 g/mol. The largest absolute Gasteiger partial charge is 0.394 e. The van der Waals surface area contributed by atoms with E-state index in [9.17, 15) is 53.1 Å². The highest BCUT2D eigenvalue weighted by Crippen LogP contribution is 2.24. The molecule has 0 unspecified atom stereocenters. The fourth-order valence-electron chi connectivity index (χ4n) is 13.2. The Kier molecular flexibility index (Phi) is 33.6. The molecule has 0 aliphatic carbocycles. The fraction of sp³-hybridized carbons (Fsp3) is 0.412. The molecule has 1 fully saturated rings. The second-order valence-electron chi connectivity index (χ2n) is 28.8. The van der Waals surface area contributed by atoms with Gasteiger partial charge in [0.15, 0.2) is 5.96 Å². The molecule has 116 heavy (non-hydrogen) atoms. The Morgan fingerprint density at radius 2 is 1.03 bits per heavy atom. The van der Waals surface area contributed by atoms with Crippen LogP contribution in [0.15, 0.2) is 134 Å². The van der Waals surface area contributed by atoms with Gasteiger partial charge in [-0.15, -0.1) is 11.8 Å². The average Bonchev–Trinajstić information content (AvgIpc) is 1.61. The number of aromatic nitrogens is 2. The molecule has 1 aliphatic rings. The Balaban J connectivity index is 1.17. The van der Waals surface area contributed by atoms with E-state index in [1.165, 1.54) is 12.1 Å². The van der Waals surface area contributed by atoms with E-state index in [-0.39, 0.29) is 75.8 Å². The van der Waals surface area contributed by atoms with Crippen molar-refractivity contribution in [1.29, 1.82) is 5.41 Å². The third-order valence-corrected chi connectivity index (χ3v) is 20.8. The number of nitrogens with two attached hydrogens (primary N) is 4. The van der Waals surface area contributed by atoms with Crippen molar-refractivity contribution in [3.05, 3.63) is 156 Å². The fourth-order valence-corrected chi connectivity index (χ4v) is 14.1. The van der Waals surface area contributed by atoms with E-state index in [1.807, 2.05) is 36.4 Å². The number of para-hydroxylation sites is 2. The standard InChI is InChI=1S/C80H104N20O15S/c1-5-44(4)67-78(114)96-61(40-101)70(106)89-39-64(103)90-55(27-17-31-86-80(84)85)71(107)95-60(36-63(82)102)73(109)94-58(34-49-37-87-53-24-13-11-22-51(49)53)75(111)98-66(43(2)3)77(113)92-56(26-15-16-30-81)72(108)93-59(35-50-38-88-54-25-14-12-23-52(50)54)76(112)100-68(47-19-7-6-8-20-47)79(115)97-62(69(83)105)41-116-42-65(104)91-57(74(110)99-67)33-45-28-29-46-18-9-10-21-48(46)32-45/h6-14,18-25,28-29,32,37-38,43-44,55-62,66-68,87-88,101H,5,15-17,26-27,30-31,33-36,39-42,81H2,1-4H3,(H2,82,102)(H2,83,105)(H,89,106)(H,90,103)(H,91,104)(H,92,113)(H,93,108)(H,94,109)(H,95,107)(H,96,114)(H,97,115)(H,98,111)(H,99,110)(H,100,112)(H4,84,85,86)/t44-,55-,56-,57+,58-,59-,60-,61-,62-,66-,67-,68-/m0/s1. The van der Waals surface area contributed by atoms with Crippen LogP contribution >= 0.6 is 11.8 Å². The zero-order valence-electron chi connectivity index (χ0n) is 64.9. The second kappa shape index (κ2) is 43.7.